The second-order valence-corrected chi connectivity index (χ2v) is 8.09. The Kier molecular flexibility index (Phi) is 9.08. The Hall–Kier alpha value is -3.58. The van der Waals surface area contributed by atoms with Gasteiger partial charge in [0.15, 0.2) is 0 Å². The largest absolute Gasteiger partial charge is 0.399 e. The van der Waals surface area contributed by atoms with Gasteiger partial charge in [-0.15, -0.1) is 0 Å². The quantitative estimate of drug-likeness (QED) is 0.217. The van der Waals surface area contributed by atoms with Gasteiger partial charge in [0.05, 0.1) is 16.9 Å². The summed E-state index contributed by atoms with van der Waals surface area (Å²) >= 11 is 6.09. The molecule has 0 unspecified atom stereocenters. The lowest BCUT2D eigenvalue weighted by Gasteiger charge is -2.05. The first-order valence-electron chi connectivity index (χ1n) is 11.0. The van der Waals surface area contributed by atoms with Crippen LogP contribution < -0.4 is 16.8 Å². The van der Waals surface area contributed by atoms with Crippen molar-refractivity contribution in [3.8, 4) is 11.3 Å². The summed E-state index contributed by atoms with van der Waals surface area (Å²) in [6.45, 7) is 0. The van der Waals surface area contributed by atoms with Crippen LogP contribution in [0.5, 0.6) is 0 Å². The highest BCUT2D eigenvalue weighted by Crippen LogP contribution is 2.31. The van der Waals surface area contributed by atoms with Gasteiger partial charge in [-0.1, -0.05) is 68.3 Å². The number of halogens is 1. The molecule has 1 fully saturated rings. The minimum Gasteiger partial charge on any atom is -0.399 e. The number of carbonyl (C=O) groups is 1. The number of amides is 1. The maximum Gasteiger partial charge on any atom is 0.220 e. The van der Waals surface area contributed by atoms with Crippen LogP contribution >= 0.6 is 11.6 Å². The lowest BCUT2D eigenvalue weighted by molar-refractivity contribution is -0.105. The number of fused-ring (bicyclic) bond motifs is 1. The number of carbonyl (C=O) groups excluding carboxylic acids is 1. The van der Waals surface area contributed by atoms with Crippen molar-refractivity contribution in [1.29, 1.82) is 0 Å². The molecule has 6 N–H and O–H groups in total. The van der Waals surface area contributed by atoms with Gasteiger partial charge in [-0.25, -0.2) is 9.97 Å². The number of aromatic nitrogens is 3. The molecule has 4 aromatic rings. The monoisotopic (exact) mass is 464 g/mol. The van der Waals surface area contributed by atoms with Gasteiger partial charge in [0, 0.05) is 34.0 Å². The summed E-state index contributed by atoms with van der Waals surface area (Å²) in [6, 6.07) is 14.9. The topological polar surface area (TPSA) is 123 Å². The Morgan fingerprint density at radius 1 is 0.939 bits per heavy atom. The molecule has 0 aliphatic heterocycles. The molecule has 172 valence electrons. The number of hydrogen-bond donors (Lipinski definition) is 4. The molecule has 1 aliphatic carbocycles. The van der Waals surface area contributed by atoms with Gasteiger partial charge in [0.1, 0.15) is 0 Å². The summed E-state index contributed by atoms with van der Waals surface area (Å²) in [5.41, 5.74) is 15.1. The minimum absolute atomic E-state index is 0.217. The van der Waals surface area contributed by atoms with Crippen LogP contribution in [0.4, 0.5) is 17.3 Å². The molecule has 2 aromatic carbocycles. The molecule has 0 bridgehead atoms. The third-order valence-electron chi connectivity index (χ3n) is 5.24. The van der Waals surface area contributed by atoms with Crippen molar-refractivity contribution in [3.05, 3.63) is 65.9 Å². The van der Waals surface area contributed by atoms with E-state index in [0.29, 0.717) is 22.8 Å². The van der Waals surface area contributed by atoms with Crippen molar-refractivity contribution in [2.45, 2.75) is 38.5 Å². The maximum atomic E-state index is 9.92. The number of benzene rings is 2. The number of nitrogens with two attached hydrogens (primary N) is 2. The number of hydrogen-bond acceptors (Lipinski definition) is 5. The van der Waals surface area contributed by atoms with E-state index in [0.717, 1.165) is 22.2 Å². The van der Waals surface area contributed by atoms with Gasteiger partial charge in [0.2, 0.25) is 12.4 Å². The van der Waals surface area contributed by atoms with Gasteiger partial charge >= 0.3 is 0 Å². The highest BCUT2D eigenvalue weighted by molar-refractivity contribution is 6.33. The molecule has 0 saturated heterocycles. The fraction of sp³-hybridized carbons (Fsp3) is 0.240. The van der Waals surface area contributed by atoms with E-state index in [1.165, 1.54) is 44.7 Å². The summed E-state index contributed by atoms with van der Waals surface area (Å²) in [6.07, 6.45) is 13.0. The summed E-state index contributed by atoms with van der Waals surface area (Å²) in [5, 5.41) is 4.05. The first-order chi connectivity index (χ1) is 16.1. The van der Waals surface area contributed by atoms with Crippen molar-refractivity contribution in [2.24, 2.45) is 0 Å². The van der Waals surface area contributed by atoms with Crippen molar-refractivity contribution < 1.29 is 4.79 Å². The predicted octanol–water partition coefficient (Wildman–Crippen LogP) is 6.04. The van der Waals surface area contributed by atoms with Crippen molar-refractivity contribution in [3.63, 3.8) is 0 Å². The van der Waals surface area contributed by atoms with E-state index < -0.39 is 0 Å². The van der Waals surface area contributed by atoms with E-state index in [1.807, 2.05) is 30.5 Å². The zero-order valence-corrected chi connectivity index (χ0v) is 19.2. The fourth-order valence-corrected chi connectivity index (χ4v) is 3.74. The normalized spacial score (nSPS) is 12.6. The Balaban J connectivity index is 0.000000161. The summed E-state index contributed by atoms with van der Waals surface area (Å²) in [5.74, 6) is 0.217. The zero-order chi connectivity index (χ0) is 23.5. The number of nitrogen functional groups attached to an aromatic ring is 2. The van der Waals surface area contributed by atoms with E-state index in [2.05, 4.69) is 20.3 Å². The van der Waals surface area contributed by atoms with Gasteiger partial charge in [-0.05, 0) is 30.3 Å². The van der Waals surface area contributed by atoms with Crippen LogP contribution in [0.15, 0.2) is 60.9 Å². The number of rotatable bonds is 3. The third kappa shape index (κ3) is 7.22. The fourth-order valence-electron chi connectivity index (χ4n) is 3.55. The molecule has 1 amide bonds. The van der Waals surface area contributed by atoms with Gasteiger partial charge in [-0.2, -0.15) is 0 Å². The van der Waals surface area contributed by atoms with E-state index in [4.69, 9.17) is 23.1 Å². The minimum atomic E-state index is 0.217. The van der Waals surface area contributed by atoms with Crippen molar-refractivity contribution >= 4 is 46.2 Å². The average Bonchev–Trinajstić information content (AvgIpc) is 3.28. The van der Waals surface area contributed by atoms with Gasteiger partial charge in [0.25, 0.3) is 0 Å². The van der Waals surface area contributed by atoms with Crippen LogP contribution in [-0.4, -0.2) is 21.4 Å². The molecular formula is C25H29ClN6O. The SMILES string of the molecule is C1CCCCC1.Nc1ccc(NC=O)cc1.Nc1ncc(Cl)c(-c2c[nH]c3ccccc23)n1. The van der Waals surface area contributed by atoms with Crippen LogP contribution in [0.3, 0.4) is 0 Å². The number of aromatic amines is 1. The van der Waals surface area contributed by atoms with E-state index in [9.17, 15) is 4.79 Å². The summed E-state index contributed by atoms with van der Waals surface area (Å²) < 4.78 is 0. The first-order valence-corrected chi connectivity index (χ1v) is 11.4. The maximum absolute atomic E-state index is 9.92. The van der Waals surface area contributed by atoms with Crippen LogP contribution in [0.2, 0.25) is 5.02 Å². The highest BCUT2D eigenvalue weighted by Gasteiger charge is 2.11. The number of H-pyrrole nitrogens is 1. The Bertz CT molecular complexity index is 1140. The van der Waals surface area contributed by atoms with Crippen LogP contribution in [0.1, 0.15) is 38.5 Å². The molecule has 0 radical (unpaired) electrons. The second kappa shape index (κ2) is 12.5. The molecule has 1 aliphatic rings. The molecule has 2 heterocycles. The van der Waals surface area contributed by atoms with E-state index in [1.54, 1.807) is 24.3 Å². The van der Waals surface area contributed by atoms with Crippen molar-refractivity contribution in [2.75, 3.05) is 16.8 Å². The molecular weight excluding hydrogens is 436 g/mol. The molecule has 8 heteroatoms. The van der Waals surface area contributed by atoms with E-state index in [-0.39, 0.29) is 5.95 Å². The van der Waals surface area contributed by atoms with Gasteiger partial charge < -0.3 is 21.8 Å². The van der Waals surface area contributed by atoms with Crippen LogP contribution in [0.25, 0.3) is 22.2 Å². The Morgan fingerprint density at radius 3 is 2.21 bits per heavy atom. The smallest absolute Gasteiger partial charge is 0.220 e. The number of para-hydroxylation sites is 1. The number of nitrogens with zero attached hydrogens (tertiary/aromatic N) is 2. The Morgan fingerprint density at radius 2 is 1.58 bits per heavy atom. The molecule has 7 nitrogen and oxygen atoms in total. The standard InChI is InChI=1S/C12H9ClN4.C7H8N2O.C6H12/c13-9-6-16-12(14)17-11(9)8-5-15-10-4-2-1-3-7(8)10;8-6-1-3-7(4-2-6)9-5-10;1-2-4-6-5-3-1/h1-6,15H,(H2,14,16,17);1-5H,8H2,(H,9,10);1-6H2. The molecule has 1 saturated carbocycles. The molecule has 0 spiro atoms. The lowest BCUT2D eigenvalue weighted by Crippen LogP contribution is -1.96. The van der Waals surface area contributed by atoms with Crippen LogP contribution in [0, 0.1) is 0 Å². The lowest BCUT2D eigenvalue weighted by atomic mass is 10.0. The molecule has 5 rings (SSSR count). The highest BCUT2D eigenvalue weighted by atomic mass is 35.5. The summed E-state index contributed by atoms with van der Waals surface area (Å²) in [4.78, 5) is 21.1. The number of nitrogens with one attached hydrogen (secondary N) is 2. The molecule has 33 heavy (non-hydrogen) atoms. The average molecular weight is 465 g/mol. The molecule has 2 aromatic heterocycles. The first kappa shape index (κ1) is 24.1. The number of anilines is 3. The van der Waals surface area contributed by atoms with Crippen molar-refractivity contribution in [1.82, 2.24) is 15.0 Å². The van der Waals surface area contributed by atoms with Crippen LogP contribution in [-0.2, 0) is 4.79 Å². The van der Waals surface area contributed by atoms with E-state index >= 15 is 0 Å². The predicted molar refractivity (Wildman–Crippen MR) is 137 cm³/mol. The Labute approximate surface area is 198 Å². The zero-order valence-electron chi connectivity index (χ0n) is 18.4. The summed E-state index contributed by atoms with van der Waals surface area (Å²) in [7, 11) is 0. The third-order valence-corrected chi connectivity index (χ3v) is 5.52. The molecule has 0 atom stereocenters. The second-order valence-electron chi connectivity index (χ2n) is 7.68. The van der Waals surface area contributed by atoms with Gasteiger partial charge in [-0.3, -0.25) is 4.79 Å².